The van der Waals surface area contributed by atoms with Gasteiger partial charge in [0.2, 0.25) is 0 Å². The van der Waals surface area contributed by atoms with Crippen molar-refractivity contribution in [2.75, 3.05) is 27.4 Å². The normalized spacial score (nSPS) is 17.1. The Labute approximate surface area is 156 Å². The molecule has 7 heteroatoms. The molecule has 1 fully saturated rings. The molecule has 0 spiro atoms. The molecule has 0 aromatic heterocycles. The highest BCUT2D eigenvalue weighted by Crippen LogP contribution is 2.35. The number of ether oxygens (including phenoxy) is 3. The van der Waals surface area contributed by atoms with Crippen molar-refractivity contribution in [1.82, 2.24) is 4.90 Å². The first-order valence-corrected chi connectivity index (χ1v) is 9.19. The molecule has 6 nitrogen and oxygen atoms in total. The number of nitrogens with zero attached hydrogens (tertiary/aromatic N) is 1. The van der Waals surface area contributed by atoms with Gasteiger partial charge in [0.1, 0.15) is 16.0 Å². The molecule has 138 valence electrons. The zero-order chi connectivity index (χ0) is 18.4. The van der Waals surface area contributed by atoms with Crippen LogP contribution in [0.15, 0.2) is 16.6 Å². The van der Waals surface area contributed by atoms with Crippen LogP contribution in [0.2, 0.25) is 0 Å². The summed E-state index contributed by atoms with van der Waals surface area (Å²) in [5, 5.41) is 0. The monoisotopic (exact) mass is 413 g/mol. The SMILES string of the molecule is CC[C@@H]1CCCCN1C(=O)COC(=O)c1cc(OC)c(Br)c(OC)c1. The van der Waals surface area contributed by atoms with Crippen LogP contribution in [-0.4, -0.2) is 50.2 Å². The average Bonchev–Trinajstić information content (AvgIpc) is 2.65. The Balaban J connectivity index is 2.03. The van der Waals surface area contributed by atoms with Gasteiger partial charge in [0.05, 0.1) is 19.8 Å². The van der Waals surface area contributed by atoms with Crippen LogP contribution in [0.25, 0.3) is 0 Å². The second kappa shape index (κ2) is 9.08. The number of amides is 1. The second-order valence-electron chi connectivity index (χ2n) is 5.92. The Morgan fingerprint density at radius 3 is 2.40 bits per heavy atom. The quantitative estimate of drug-likeness (QED) is 0.668. The van der Waals surface area contributed by atoms with Crippen LogP contribution >= 0.6 is 15.9 Å². The fraction of sp³-hybridized carbons (Fsp3) is 0.556. The fourth-order valence-electron chi connectivity index (χ4n) is 3.03. The number of halogens is 1. The minimum atomic E-state index is -0.581. The van der Waals surface area contributed by atoms with Crippen LogP contribution in [0.5, 0.6) is 11.5 Å². The summed E-state index contributed by atoms with van der Waals surface area (Å²) in [6.45, 7) is 2.55. The molecule has 1 saturated heterocycles. The van der Waals surface area contributed by atoms with Crippen LogP contribution in [-0.2, 0) is 9.53 Å². The lowest BCUT2D eigenvalue weighted by molar-refractivity contribution is -0.138. The lowest BCUT2D eigenvalue weighted by Gasteiger charge is -2.35. The summed E-state index contributed by atoms with van der Waals surface area (Å²) in [5.41, 5.74) is 0.274. The number of hydrogen-bond donors (Lipinski definition) is 0. The predicted octanol–water partition coefficient (Wildman–Crippen LogP) is 3.41. The predicted molar refractivity (Wildman–Crippen MR) is 97.2 cm³/mol. The lowest BCUT2D eigenvalue weighted by Crippen LogP contribution is -2.45. The lowest BCUT2D eigenvalue weighted by atomic mass is 10.00. The van der Waals surface area contributed by atoms with Crippen molar-refractivity contribution in [1.29, 1.82) is 0 Å². The average molecular weight is 414 g/mol. The molecule has 0 aliphatic carbocycles. The molecule has 0 unspecified atom stereocenters. The molecular weight excluding hydrogens is 390 g/mol. The van der Waals surface area contributed by atoms with Crippen LogP contribution in [0, 0.1) is 0 Å². The van der Waals surface area contributed by atoms with Crippen LogP contribution in [0.1, 0.15) is 43.0 Å². The van der Waals surface area contributed by atoms with E-state index in [9.17, 15) is 9.59 Å². The van der Waals surface area contributed by atoms with Crippen molar-refractivity contribution in [2.24, 2.45) is 0 Å². The highest BCUT2D eigenvalue weighted by Gasteiger charge is 2.26. The minimum absolute atomic E-state index is 0.143. The van der Waals surface area contributed by atoms with Gasteiger partial charge in [-0.05, 0) is 53.7 Å². The maximum Gasteiger partial charge on any atom is 0.338 e. The molecule has 0 bridgehead atoms. The second-order valence-corrected chi connectivity index (χ2v) is 6.71. The van der Waals surface area contributed by atoms with Crippen molar-refractivity contribution in [3.63, 3.8) is 0 Å². The van der Waals surface area contributed by atoms with E-state index in [1.165, 1.54) is 14.2 Å². The smallest absolute Gasteiger partial charge is 0.338 e. The van der Waals surface area contributed by atoms with Gasteiger partial charge < -0.3 is 19.1 Å². The first-order valence-electron chi connectivity index (χ1n) is 8.39. The highest BCUT2D eigenvalue weighted by molar-refractivity contribution is 9.10. The number of carbonyl (C=O) groups is 2. The summed E-state index contributed by atoms with van der Waals surface area (Å²) in [4.78, 5) is 26.5. The molecule has 1 heterocycles. The van der Waals surface area contributed by atoms with E-state index in [0.717, 1.165) is 32.2 Å². The Kier molecular flexibility index (Phi) is 7.11. The molecule has 0 saturated carbocycles. The van der Waals surface area contributed by atoms with E-state index in [0.29, 0.717) is 16.0 Å². The van der Waals surface area contributed by atoms with E-state index >= 15 is 0 Å². The number of piperidine rings is 1. The molecule has 1 aromatic carbocycles. The number of likely N-dealkylation sites (tertiary alicyclic amines) is 1. The standard InChI is InChI=1S/C18H24BrNO5/c1-4-13-7-5-6-8-20(13)16(21)11-25-18(22)12-9-14(23-2)17(19)15(10-12)24-3/h9-10,13H,4-8,11H2,1-3H3/t13-/m1/s1. The van der Waals surface area contributed by atoms with Crippen molar-refractivity contribution in [3.8, 4) is 11.5 Å². The Morgan fingerprint density at radius 2 is 1.84 bits per heavy atom. The first-order chi connectivity index (χ1) is 12.0. The third-order valence-electron chi connectivity index (χ3n) is 4.43. The molecule has 25 heavy (non-hydrogen) atoms. The maximum absolute atomic E-state index is 12.4. The first kappa shape index (κ1) is 19.6. The number of methoxy groups -OCH3 is 2. The van der Waals surface area contributed by atoms with Gasteiger partial charge in [-0.2, -0.15) is 0 Å². The molecule has 1 atom stereocenters. The Bertz CT molecular complexity index is 609. The molecule has 0 radical (unpaired) electrons. The van der Waals surface area contributed by atoms with Crippen LogP contribution in [0.3, 0.4) is 0 Å². The molecule has 0 N–H and O–H groups in total. The van der Waals surface area contributed by atoms with Gasteiger partial charge in [-0.1, -0.05) is 6.92 Å². The van der Waals surface area contributed by atoms with E-state index in [4.69, 9.17) is 14.2 Å². The zero-order valence-electron chi connectivity index (χ0n) is 14.8. The molecule has 1 aliphatic rings. The Hall–Kier alpha value is -1.76. The zero-order valence-corrected chi connectivity index (χ0v) is 16.4. The number of hydrogen-bond acceptors (Lipinski definition) is 5. The number of rotatable bonds is 6. The molecule has 1 aliphatic heterocycles. The summed E-state index contributed by atoms with van der Waals surface area (Å²) in [6.07, 6.45) is 4.07. The van der Waals surface area contributed by atoms with E-state index in [1.54, 1.807) is 12.1 Å². The van der Waals surface area contributed by atoms with Crippen molar-refractivity contribution >= 4 is 27.8 Å². The van der Waals surface area contributed by atoms with E-state index in [-0.39, 0.29) is 24.1 Å². The van der Waals surface area contributed by atoms with Gasteiger partial charge in [0, 0.05) is 12.6 Å². The van der Waals surface area contributed by atoms with Crippen LogP contribution < -0.4 is 9.47 Å². The molecular formula is C18H24BrNO5. The third-order valence-corrected chi connectivity index (χ3v) is 5.21. The summed E-state index contributed by atoms with van der Waals surface area (Å²) >= 11 is 3.35. The fourth-order valence-corrected chi connectivity index (χ4v) is 3.59. The van der Waals surface area contributed by atoms with Gasteiger partial charge in [-0.25, -0.2) is 4.79 Å². The van der Waals surface area contributed by atoms with Gasteiger partial charge in [0.25, 0.3) is 5.91 Å². The molecule has 1 aromatic rings. The topological polar surface area (TPSA) is 65.1 Å². The third kappa shape index (κ3) is 4.66. The Morgan fingerprint density at radius 1 is 1.20 bits per heavy atom. The van der Waals surface area contributed by atoms with Crippen LogP contribution in [0.4, 0.5) is 0 Å². The van der Waals surface area contributed by atoms with E-state index in [2.05, 4.69) is 22.9 Å². The summed E-state index contributed by atoms with van der Waals surface area (Å²) in [5.74, 6) is 0.192. The summed E-state index contributed by atoms with van der Waals surface area (Å²) < 4.78 is 16.3. The minimum Gasteiger partial charge on any atom is -0.495 e. The van der Waals surface area contributed by atoms with E-state index in [1.807, 2.05) is 4.90 Å². The summed E-state index contributed by atoms with van der Waals surface area (Å²) in [6, 6.07) is 3.34. The van der Waals surface area contributed by atoms with E-state index < -0.39 is 5.97 Å². The molecule has 2 rings (SSSR count). The summed E-state index contributed by atoms with van der Waals surface area (Å²) in [7, 11) is 3.00. The number of carbonyl (C=O) groups excluding carboxylic acids is 2. The van der Waals surface area contributed by atoms with Gasteiger partial charge in [0.15, 0.2) is 6.61 Å². The van der Waals surface area contributed by atoms with Gasteiger partial charge in [-0.15, -0.1) is 0 Å². The number of esters is 1. The van der Waals surface area contributed by atoms with Gasteiger partial charge in [-0.3, -0.25) is 4.79 Å². The molecule has 1 amide bonds. The van der Waals surface area contributed by atoms with Crippen molar-refractivity contribution in [2.45, 2.75) is 38.6 Å². The highest BCUT2D eigenvalue weighted by atomic mass is 79.9. The maximum atomic E-state index is 12.4. The number of benzene rings is 1. The van der Waals surface area contributed by atoms with Crippen molar-refractivity contribution < 1.29 is 23.8 Å². The van der Waals surface area contributed by atoms with Gasteiger partial charge >= 0.3 is 5.97 Å². The largest absolute Gasteiger partial charge is 0.495 e. The van der Waals surface area contributed by atoms with Crippen molar-refractivity contribution in [3.05, 3.63) is 22.2 Å².